The molecular weight excluding hydrogens is 345 g/mol. The van der Waals surface area contributed by atoms with Crippen LogP contribution in [0.5, 0.6) is 0 Å². The van der Waals surface area contributed by atoms with Gasteiger partial charge in [-0.05, 0) is 31.2 Å². The first-order chi connectivity index (χ1) is 12.8. The molecule has 0 spiro atoms. The maximum atomic E-state index is 14.7. The van der Waals surface area contributed by atoms with Gasteiger partial charge in [-0.3, -0.25) is 4.79 Å². The summed E-state index contributed by atoms with van der Waals surface area (Å²) < 4.78 is 20.0. The van der Waals surface area contributed by atoms with Crippen molar-refractivity contribution in [1.29, 1.82) is 0 Å². The molecule has 0 radical (unpaired) electrons. The number of ether oxygens (including phenoxy) is 1. The Labute approximate surface area is 159 Å². The van der Waals surface area contributed by atoms with Crippen LogP contribution in [0.25, 0.3) is 0 Å². The normalized spacial score (nSPS) is 21.7. The second kappa shape index (κ2) is 7.29. The molecule has 3 rings (SSSR count). The van der Waals surface area contributed by atoms with Crippen LogP contribution in [0.3, 0.4) is 0 Å². The molecule has 0 saturated heterocycles. The zero-order valence-corrected chi connectivity index (χ0v) is 16.3. The average Bonchev–Trinajstić information content (AvgIpc) is 2.59. The van der Waals surface area contributed by atoms with Gasteiger partial charge in [-0.25, -0.2) is 9.18 Å². The smallest absolute Gasteiger partial charge is 0.336 e. The molecule has 4 nitrogen and oxygen atoms in total. The molecule has 1 heterocycles. The number of hydrogen-bond donors (Lipinski definition) is 1. The zero-order chi connectivity index (χ0) is 19.8. The third-order valence-electron chi connectivity index (χ3n) is 5.19. The maximum absolute atomic E-state index is 14.7. The fourth-order valence-electron chi connectivity index (χ4n) is 4.10. The molecule has 1 aromatic carbocycles. The van der Waals surface area contributed by atoms with Gasteiger partial charge in [-0.2, -0.15) is 0 Å². The summed E-state index contributed by atoms with van der Waals surface area (Å²) in [5.41, 5.74) is 2.51. The molecule has 1 aliphatic carbocycles. The SMILES string of the molecule is CCOC(=O)C1=C(CC)NC2=C(C(=O)CC(C)(C)C2)[C@@H]1c1ccccc1F. The van der Waals surface area contributed by atoms with Gasteiger partial charge in [0, 0.05) is 29.0 Å². The molecule has 0 saturated carbocycles. The number of halogens is 1. The lowest BCUT2D eigenvalue weighted by Crippen LogP contribution is -2.39. The quantitative estimate of drug-likeness (QED) is 0.798. The fraction of sp³-hybridized carbons (Fsp3) is 0.455. The highest BCUT2D eigenvalue weighted by molar-refractivity contribution is 6.04. The Morgan fingerprint density at radius 1 is 1.26 bits per heavy atom. The fourth-order valence-corrected chi connectivity index (χ4v) is 4.10. The van der Waals surface area contributed by atoms with Crippen molar-refractivity contribution < 1.29 is 18.7 Å². The molecule has 144 valence electrons. The number of esters is 1. The molecule has 1 aromatic rings. The van der Waals surface area contributed by atoms with E-state index in [-0.39, 0.29) is 17.8 Å². The van der Waals surface area contributed by atoms with Crippen molar-refractivity contribution in [2.75, 3.05) is 6.61 Å². The highest BCUT2D eigenvalue weighted by atomic mass is 19.1. The molecule has 0 fully saturated rings. The van der Waals surface area contributed by atoms with Gasteiger partial charge in [0.2, 0.25) is 0 Å². The van der Waals surface area contributed by atoms with Gasteiger partial charge in [0.25, 0.3) is 0 Å². The van der Waals surface area contributed by atoms with E-state index < -0.39 is 17.7 Å². The number of Topliss-reactive ketones (excluding diaryl/α,β-unsaturated/α-hetero) is 1. The number of carbonyl (C=O) groups is 2. The second-order valence-electron chi connectivity index (χ2n) is 7.88. The van der Waals surface area contributed by atoms with Crippen molar-refractivity contribution in [3.8, 4) is 0 Å². The number of allylic oxidation sites excluding steroid dienone is 3. The summed E-state index contributed by atoms with van der Waals surface area (Å²) in [6.07, 6.45) is 1.61. The molecule has 0 unspecified atom stereocenters. The molecule has 1 N–H and O–H groups in total. The predicted molar refractivity (Wildman–Crippen MR) is 101 cm³/mol. The van der Waals surface area contributed by atoms with Gasteiger partial charge in [0.15, 0.2) is 5.78 Å². The minimum Gasteiger partial charge on any atom is -0.463 e. The monoisotopic (exact) mass is 371 g/mol. The van der Waals surface area contributed by atoms with Crippen molar-refractivity contribution in [1.82, 2.24) is 5.32 Å². The first-order valence-electron chi connectivity index (χ1n) is 9.47. The van der Waals surface area contributed by atoms with Gasteiger partial charge in [0.1, 0.15) is 5.82 Å². The Kier molecular flexibility index (Phi) is 5.22. The van der Waals surface area contributed by atoms with Crippen LogP contribution in [0, 0.1) is 11.2 Å². The number of rotatable bonds is 4. The molecule has 0 amide bonds. The molecule has 5 heteroatoms. The first kappa shape index (κ1) is 19.3. The van der Waals surface area contributed by atoms with Crippen LogP contribution in [-0.2, 0) is 14.3 Å². The highest BCUT2D eigenvalue weighted by Crippen LogP contribution is 2.47. The number of dihydropyridines is 1. The molecular formula is C22H26FNO3. The highest BCUT2D eigenvalue weighted by Gasteiger charge is 2.44. The van der Waals surface area contributed by atoms with E-state index in [0.29, 0.717) is 41.7 Å². The minimum absolute atomic E-state index is 0.0426. The second-order valence-corrected chi connectivity index (χ2v) is 7.88. The number of hydrogen-bond acceptors (Lipinski definition) is 4. The summed E-state index contributed by atoms with van der Waals surface area (Å²) in [5.74, 6) is -1.70. The first-order valence-corrected chi connectivity index (χ1v) is 9.47. The van der Waals surface area contributed by atoms with E-state index in [4.69, 9.17) is 4.74 Å². The van der Waals surface area contributed by atoms with Gasteiger partial charge in [0.05, 0.1) is 18.1 Å². The van der Waals surface area contributed by atoms with Crippen LogP contribution in [0.1, 0.15) is 58.4 Å². The average molecular weight is 371 g/mol. The summed E-state index contributed by atoms with van der Waals surface area (Å²) >= 11 is 0. The summed E-state index contributed by atoms with van der Waals surface area (Å²) in [7, 11) is 0. The van der Waals surface area contributed by atoms with Crippen LogP contribution < -0.4 is 5.32 Å². The van der Waals surface area contributed by atoms with E-state index in [2.05, 4.69) is 5.32 Å². The predicted octanol–water partition coefficient (Wildman–Crippen LogP) is 4.38. The Morgan fingerprint density at radius 3 is 2.59 bits per heavy atom. The van der Waals surface area contributed by atoms with E-state index in [1.165, 1.54) is 6.07 Å². The van der Waals surface area contributed by atoms with Gasteiger partial charge >= 0.3 is 5.97 Å². The van der Waals surface area contributed by atoms with Crippen LogP contribution in [0.4, 0.5) is 4.39 Å². The van der Waals surface area contributed by atoms with Crippen LogP contribution >= 0.6 is 0 Å². The topological polar surface area (TPSA) is 55.4 Å². The lowest BCUT2D eigenvalue weighted by atomic mass is 9.68. The van der Waals surface area contributed by atoms with Gasteiger partial charge in [-0.15, -0.1) is 0 Å². The standard InChI is InChI=1S/C22H26FNO3/c1-5-15-20(21(26)27-6-2)18(13-9-7-8-10-14(13)23)19-16(24-15)11-22(3,4)12-17(19)25/h7-10,18,24H,5-6,11-12H2,1-4H3/t18-/m0/s1. The number of nitrogens with one attached hydrogen (secondary N) is 1. The largest absolute Gasteiger partial charge is 0.463 e. The summed E-state index contributed by atoms with van der Waals surface area (Å²) in [4.78, 5) is 25.9. The van der Waals surface area contributed by atoms with Crippen molar-refractivity contribution >= 4 is 11.8 Å². The van der Waals surface area contributed by atoms with E-state index >= 15 is 0 Å². The van der Waals surface area contributed by atoms with Crippen molar-refractivity contribution in [3.05, 3.63) is 58.2 Å². The third kappa shape index (κ3) is 3.55. The number of carbonyl (C=O) groups excluding carboxylic acids is 2. The van der Waals surface area contributed by atoms with E-state index in [1.54, 1.807) is 25.1 Å². The van der Waals surface area contributed by atoms with E-state index in [1.807, 2.05) is 20.8 Å². The van der Waals surface area contributed by atoms with Crippen LogP contribution in [-0.4, -0.2) is 18.4 Å². The summed E-state index contributed by atoms with van der Waals surface area (Å²) in [6.45, 7) is 7.98. The van der Waals surface area contributed by atoms with Crippen molar-refractivity contribution in [3.63, 3.8) is 0 Å². The Balaban J connectivity index is 2.24. The Hall–Kier alpha value is -2.43. The van der Waals surface area contributed by atoms with E-state index in [9.17, 15) is 14.0 Å². The van der Waals surface area contributed by atoms with Crippen LogP contribution in [0.15, 0.2) is 46.8 Å². The number of benzene rings is 1. The Bertz CT molecular complexity index is 851. The molecule has 2 aliphatic rings. The van der Waals surface area contributed by atoms with Gasteiger partial charge in [-0.1, -0.05) is 39.0 Å². The molecule has 1 aliphatic heterocycles. The van der Waals surface area contributed by atoms with Crippen molar-refractivity contribution in [2.45, 2.75) is 52.9 Å². The minimum atomic E-state index is -0.736. The molecule has 27 heavy (non-hydrogen) atoms. The maximum Gasteiger partial charge on any atom is 0.336 e. The zero-order valence-electron chi connectivity index (χ0n) is 16.3. The summed E-state index contributed by atoms with van der Waals surface area (Å²) in [5, 5.41) is 3.31. The Morgan fingerprint density at radius 2 is 1.96 bits per heavy atom. The number of ketones is 1. The molecule has 0 bridgehead atoms. The lowest BCUT2D eigenvalue weighted by Gasteiger charge is -2.40. The molecule has 0 aromatic heterocycles. The van der Waals surface area contributed by atoms with E-state index in [0.717, 1.165) is 5.70 Å². The third-order valence-corrected chi connectivity index (χ3v) is 5.19. The van der Waals surface area contributed by atoms with Crippen LogP contribution in [0.2, 0.25) is 0 Å². The lowest BCUT2D eigenvalue weighted by molar-refractivity contribution is -0.138. The molecule has 1 atom stereocenters. The van der Waals surface area contributed by atoms with Gasteiger partial charge < -0.3 is 10.1 Å². The van der Waals surface area contributed by atoms with Crippen molar-refractivity contribution in [2.24, 2.45) is 5.41 Å². The summed E-state index contributed by atoms with van der Waals surface area (Å²) in [6, 6.07) is 6.35.